The van der Waals surface area contributed by atoms with Gasteiger partial charge in [0.15, 0.2) is 0 Å². The van der Waals surface area contributed by atoms with E-state index < -0.39 is 23.1 Å². The van der Waals surface area contributed by atoms with Gasteiger partial charge in [0, 0.05) is 12.0 Å². The van der Waals surface area contributed by atoms with Crippen LogP contribution in [0.4, 0.5) is 8.78 Å². The number of unbranched alkanes of at least 4 members (excludes halogenated alkanes) is 1. The highest BCUT2D eigenvalue weighted by Gasteiger charge is 2.49. The summed E-state index contributed by atoms with van der Waals surface area (Å²) in [5, 5.41) is 2.52. The number of isothiocyanates is 1. The van der Waals surface area contributed by atoms with Gasteiger partial charge in [-0.3, -0.25) is 0 Å². The zero-order chi connectivity index (χ0) is 24.1. The number of hydrogen-bond donors (Lipinski definition) is 0. The van der Waals surface area contributed by atoms with Gasteiger partial charge in [0.05, 0.1) is 5.16 Å². The summed E-state index contributed by atoms with van der Waals surface area (Å²) in [6, 6.07) is 14.5. The predicted molar refractivity (Wildman–Crippen MR) is 140 cm³/mol. The van der Waals surface area contributed by atoms with Crippen molar-refractivity contribution < 1.29 is 8.78 Å². The lowest BCUT2D eigenvalue weighted by Gasteiger charge is -2.42. The molecular formula is C30H33F2NS. The molecule has 0 aliphatic heterocycles. The number of allylic oxidation sites excluding steroid dienone is 2. The number of nitrogens with zero attached hydrogens (tertiary/aromatic N) is 1. The van der Waals surface area contributed by atoms with Crippen molar-refractivity contribution in [2.24, 2.45) is 16.8 Å². The maximum Gasteiger partial charge on any atom is 0.127 e. The second-order valence-corrected chi connectivity index (χ2v) is 9.94. The van der Waals surface area contributed by atoms with Gasteiger partial charge in [-0.25, -0.2) is 13.8 Å². The first-order valence-electron chi connectivity index (χ1n) is 12.5. The molecule has 0 bridgehead atoms. The van der Waals surface area contributed by atoms with Gasteiger partial charge in [-0.2, -0.15) is 0 Å². The number of benzene rings is 2. The highest BCUT2D eigenvalue weighted by Crippen LogP contribution is 2.53. The molecule has 2 aromatic rings. The van der Waals surface area contributed by atoms with Crippen LogP contribution in [0.15, 0.2) is 71.3 Å². The van der Waals surface area contributed by atoms with E-state index in [0.29, 0.717) is 0 Å². The summed E-state index contributed by atoms with van der Waals surface area (Å²) in [5.74, 6) is -1.57. The van der Waals surface area contributed by atoms with Crippen LogP contribution in [0.1, 0.15) is 68.6 Å². The Morgan fingerprint density at radius 3 is 2.47 bits per heavy atom. The van der Waals surface area contributed by atoms with E-state index in [1.165, 1.54) is 11.6 Å². The fourth-order valence-electron chi connectivity index (χ4n) is 5.91. The summed E-state index contributed by atoms with van der Waals surface area (Å²) in [6.07, 6.45) is 10.9. The minimum Gasteiger partial charge on any atom is -0.216 e. The molecule has 34 heavy (non-hydrogen) atoms. The molecule has 4 rings (SSSR count). The Morgan fingerprint density at radius 2 is 1.79 bits per heavy atom. The monoisotopic (exact) mass is 477 g/mol. The molecular weight excluding hydrogens is 444 g/mol. The van der Waals surface area contributed by atoms with Crippen LogP contribution in [-0.2, 0) is 12.0 Å². The fourth-order valence-corrected chi connectivity index (χ4v) is 6.06. The molecule has 1 nitrogen and oxygen atoms in total. The van der Waals surface area contributed by atoms with Crippen LogP contribution in [-0.4, -0.2) is 5.16 Å². The number of rotatable bonds is 7. The molecule has 2 aromatic carbocycles. The fraction of sp³-hybridized carbons (Fsp3) is 0.433. The van der Waals surface area contributed by atoms with Gasteiger partial charge in [-0.15, -0.1) is 0 Å². The lowest BCUT2D eigenvalue weighted by Crippen LogP contribution is -2.40. The number of thiocarbonyl (C=S) groups is 1. The maximum atomic E-state index is 15.7. The number of halogens is 2. The minimum absolute atomic E-state index is 0.0752. The van der Waals surface area contributed by atoms with Crippen LogP contribution in [0, 0.1) is 18.8 Å². The molecule has 0 heterocycles. The molecule has 0 unspecified atom stereocenters. The largest absolute Gasteiger partial charge is 0.216 e. The van der Waals surface area contributed by atoms with Crippen molar-refractivity contribution in [3.8, 4) is 11.1 Å². The maximum absolute atomic E-state index is 15.7. The van der Waals surface area contributed by atoms with Crippen LogP contribution in [0.2, 0.25) is 0 Å². The van der Waals surface area contributed by atoms with Gasteiger partial charge in [-0.1, -0.05) is 75.1 Å². The zero-order valence-corrected chi connectivity index (χ0v) is 20.9. The molecule has 0 N–H and O–H groups in total. The molecule has 0 amide bonds. The van der Waals surface area contributed by atoms with E-state index in [1.54, 1.807) is 0 Å². The standard InChI is InChI=1S/C30H33F2NS/c1-3-4-10-22-14-16-23(17-15-22)28-21(2)9-8-13-26(28)30(33-20-34)19-25(31)18-27(32)29(30)24-11-6-5-7-12-24/h8-9,13-19,24,29H,3-7,10-12H2,1-2H3/t29-,30-/m1/s1. The van der Waals surface area contributed by atoms with Crippen molar-refractivity contribution >= 4 is 17.4 Å². The highest BCUT2D eigenvalue weighted by atomic mass is 32.1. The third-order valence-electron chi connectivity index (χ3n) is 7.52. The molecule has 0 saturated heterocycles. The van der Waals surface area contributed by atoms with Gasteiger partial charge in [0.1, 0.15) is 17.2 Å². The topological polar surface area (TPSA) is 12.4 Å². The van der Waals surface area contributed by atoms with Crippen molar-refractivity contribution in [2.45, 2.75) is 70.8 Å². The SMILES string of the molecule is CCCCc1ccc(-c2c(C)cccc2[C@]2(N=C=S)C=C(F)C=C(F)[C@H]2C2CCCCC2)cc1. The molecule has 1 fully saturated rings. The second kappa shape index (κ2) is 10.9. The molecule has 2 atom stereocenters. The lowest BCUT2D eigenvalue weighted by atomic mass is 9.64. The van der Waals surface area contributed by atoms with Gasteiger partial charge < -0.3 is 0 Å². The van der Waals surface area contributed by atoms with Crippen LogP contribution >= 0.6 is 12.2 Å². The van der Waals surface area contributed by atoms with Crippen LogP contribution < -0.4 is 0 Å². The van der Waals surface area contributed by atoms with Crippen molar-refractivity contribution in [1.82, 2.24) is 0 Å². The Balaban J connectivity index is 1.90. The predicted octanol–water partition coefficient (Wildman–Crippen LogP) is 9.22. The molecule has 1 saturated carbocycles. The number of hydrogen-bond acceptors (Lipinski definition) is 2. The summed E-state index contributed by atoms with van der Waals surface area (Å²) >= 11 is 5.08. The molecule has 4 heteroatoms. The van der Waals surface area contributed by atoms with Gasteiger partial charge in [0.2, 0.25) is 0 Å². The van der Waals surface area contributed by atoms with Gasteiger partial charge in [0.25, 0.3) is 0 Å². The molecule has 0 radical (unpaired) electrons. The van der Waals surface area contributed by atoms with E-state index in [-0.39, 0.29) is 5.92 Å². The third kappa shape index (κ3) is 4.85. The number of aliphatic imine (C=N–C) groups is 1. The Morgan fingerprint density at radius 1 is 1.06 bits per heavy atom. The van der Waals surface area contributed by atoms with Crippen molar-refractivity contribution in [1.29, 1.82) is 0 Å². The van der Waals surface area contributed by atoms with Crippen molar-refractivity contribution in [3.05, 3.63) is 83.0 Å². The van der Waals surface area contributed by atoms with Crippen LogP contribution in [0.25, 0.3) is 11.1 Å². The summed E-state index contributed by atoms with van der Waals surface area (Å²) in [4.78, 5) is 4.60. The summed E-state index contributed by atoms with van der Waals surface area (Å²) < 4.78 is 30.6. The third-order valence-corrected chi connectivity index (χ3v) is 7.61. The van der Waals surface area contributed by atoms with Crippen molar-refractivity contribution in [3.63, 3.8) is 0 Å². The Kier molecular flexibility index (Phi) is 7.91. The van der Waals surface area contributed by atoms with Crippen molar-refractivity contribution in [2.75, 3.05) is 0 Å². The van der Waals surface area contributed by atoms with Gasteiger partial charge >= 0.3 is 0 Å². The van der Waals surface area contributed by atoms with E-state index in [2.05, 4.69) is 41.3 Å². The van der Waals surface area contributed by atoms with Crippen LogP contribution in [0.3, 0.4) is 0 Å². The van der Waals surface area contributed by atoms with Gasteiger partial charge in [-0.05, 0) is 84.6 Å². The van der Waals surface area contributed by atoms with E-state index in [1.807, 2.05) is 25.1 Å². The Bertz CT molecular complexity index is 1120. The smallest absolute Gasteiger partial charge is 0.127 e. The minimum atomic E-state index is -1.26. The summed E-state index contributed by atoms with van der Waals surface area (Å²) in [6.45, 7) is 4.24. The van der Waals surface area contributed by atoms with E-state index in [9.17, 15) is 4.39 Å². The molecule has 2 aliphatic carbocycles. The van der Waals surface area contributed by atoms with E-state index >= 15 is 4.39 Å². The Labute approximate surface area is 207 Å². The first-order chi connectivity index (χ1) is 16.5. The van der Waals surface area contributed by atoms with E-state index in [4.69, 9.17) is 12.2 Å². The second-order valence-electron chi connectivity index (χ2n) is 9.76. The summed E-state index contributed by atoms with van der Waals surface area (Å²) in [7, 11) is 0. The summed E-state index contributed by atoms with van der Waals surface area (Å²) in [5.41, 5.74) is 3.88. The first kappa shape index (κ1) is 24.7. The molecule has 178 valence electrons. The molecule has 0 spiro atoms. The first-order valence-corrected chi connectivity index (χ1v) is 12.9. The molecule has 2 aliphatic rings. The Hall–Kier alpha value is -2.42. The lowest BCUT2D eigenvalue weighted by molar-refractivity contribution is 0.179. The normalized spacial score (nSPS) is 23.1. The van der Waals surface area contributed by atoms with E-state index in [0.717, 1.165) is 79.7 Å². The van der Waals surface area contributed by atoms with Crippen LogP contribution in [0.5, 0.6) is 0 Å². The molecule has 0 aromatic heterocycles. The zero-order valence-electron chi connectivity index (χ0n) is 20.1. The highest BCUT2D eigenvalue weighted by molar-refractivity contribution is 7.78. The average Bonchev–Trinajstić information content (AvgIpc) is 2.83. The average molecular weight is 478 g/mol. The quantitative estimate of drug-likeness (QED) is 0.286. The number of aryl methyl sites for hydroxylation is 2.